The predicted octanol–water partition coefficient (Wildman–Crippen LogP) is 5.95. The maximum atomic E-state index is 13.7. The fraction of sp³-hybridized carbons (Fsp3) is 0.385. The summed E-state index contributed by atoms with van der Waals surface area (Å²) in [4.78, 5) is 95.8. The van der Waals surface area contributed by atoms with Gasteiger partial charge in [-0.2, -0.15) is 0 Å². The van der Waals surface area contributed by atoms with Crippen LogP contribution in [0.4, 0.5) is 11.4 Å². The van der Waals surface area contributed by atoms with Gasteiger partial charge in [-0.1, -0.05) is 24.3 Å². The molecular weight excluding hydrogens is 925 g/mol. The van der Waals surface area contributed by atoms with Crippen LogP contribution < -0.4 is 28.7 Å². The molecule has 0 bridgehead atoms. The standard InChI is InChI=1S/C26H29NO8.C22H25NO6.C4H6O3/c1-14-8-9-20(11-22(14)34-18(5)29)24-26(35-19(6)30,13-33-17(4)28)25(31)27(24)21-10-15(2)16(3)23(12-21)32-7;1-12-6-7-16(9-18(12)29-15(4)25)20-22(27,11-24)21(26)23(20)17-8-13(2)14(3)19(10-17)28-5;1-3(5)7-4(2)6/h8-12,24H,13H2,1-7H3;6-10,20,24,27H,11H2,1-5H3;1-2H3/t24-,26-;20-,22-;/m00./s1. The number of aryl methyl sites for hydroxylation is 4. The number of methoxy groups -OCH3 is 2. The highest BCUT2D eigenvalue weighted by Crippen LogP contribution is 2.51. The third kappa shape index (κ3) is 12.2. The lowest BCUT2D eigenvalue weighted by molar-refractivity contribution is -0.190. The summed E-state index contributed by atoms with van der Waals surface area (Å²) >= 11 is 0. The number of carbonyl (C=O) groups excluding carboxylic acids is 8. The van der Waals surface area contributed by atoms with E-state index in [0.717, 1.165) is 27.8 Å². The Morgan fingerprint density at radius 1 is 0.535 bits per heavy atom. The van der Waals surface area contributed by atoms with Crippen LogP contribution >= 0.6 is 0 Å². The van der Waals surface area contributed by atoms with Gasteiger partial charge in [0.2, 0.25) is 5.60 Å². The first-order chi connectivity index (χ1) is 33.2. The number of aliphatic hydroxyl groups is 2. The van der Waals surface area contributed by atoms with E-state index in [1.165, 1.54) is 58.5 Å². The summed E-state index contributed by atoms with van der Waals surface area (Å²) in [6.45, 7) is 17.3. The van der Waals surface area contributed by atoms with Gasteiger partial charge in [-0.15, -0.1) is 0 Å². The molecule has 4 aromatic carbocycles. The van der Waals surface area contributed by atoms with Crippen LogP contribution in [0.2, 0.25) is 0 Å². The molecule has 2 saturated heterocycles. The summed E-state index contributed by atoms with van der Waals surface area (Å²) in [5.74, 6) is -2.75. The van der Waals surface area contributed by atoms with Gasteiger partial charge in [0.15, 0.2) is 5.60 Å². The maximum absolute atomic E-state index is 13.7. The lowest BCUT2D eigenvalue weighted by Crippen LogP contribution is -2.72. The average molecular weight is 985 g/mol. The summed E-state index contributed by atoms with van der Waals surface area (Å²) in [7, 11) is 3.09. The number of hydrogen-bond donors (Lipinski definition) is 2. The van der Waals surface area contributed by atoms with Gasteiger partial charge < -0.3 is 43.4 Å². The number of benzene rings is 4. The summed E-state index contributed by atoms with van der Waals surface area (Å²) < 4.78 is 36.2. The number of hydrogen-bond acceptors (Lipinski definition) is 17. The predicted molar refractivity (Wildman–Crippen MR) is 256 cm³/mol. The Labute approximate surface area is 411 Å². The van der Waals surface area contributed by atoms with E-state index in [1.807, 2.05) is 39.8 Å². The molecule has 4 aromatic rings. The number of aliphatic hydroxyl groups excluding tert-OH is 1. The molecule has 0 aliphatic carbocycles. The molecule has 71 heavy (non-hydrogen) atoms. The lowest BCUT2D eigenvalue weighted by Gasteiger charge is -2.54. The van der Waals surface area contributed by atoms with Crippen molar-refractivity contribution in [2.75, 3.05) is 37.2 Å². The third-order valence-corrected chi connectivity index (χ3v) is 11.7. The van der Waals surface area contributed by atoms with Gasteiger partial charge in [0.05, 0.1) is 20.8 Å². The molecule has 0 spiro atoms. The minimum Gasteiger partial charge on any atom is -0.496 e. The van der Waals surface area contributed by atoms with E-state index >= 15 is 0 Å². The van der Waals surface area contributed by atoms with E-state index in [4.69, 9.17) is 28.4 Å². The molecule has 0 unspecified atom stereocenters. The summed E-state index contributed by atoms with van der Waals surface area (Å²) in [5, 5.41) is 20.6. The first kappa shape index (κ1) is 56.0. The van der Waals surface area contributed by atoms with E-state index in [0.29, 0.717) is 51.1 Å². The van der Waals surface area contributed by atoms with Crippen molar-refractivity contribution in [1.82, 2.24) is 0 Å². The molecule has 6 rings (SSSR count). The highest BCUT2D eigenvalue weighted by atomic mass is 16.6. The van der Waals surface area contributed by atoms with Crippen LogP contribution in [-0.2, 0) is 52.6 Å². The van der Waals surface area contributed by atoms with Crippen LogP contribution in [0.5, 0.6) is 23.0 Å². The molecule has 19 heteroatoms. The smallest absolute Gasteiger partial charge is 0.310 e. The van der Waals surface area contributed by atoms with Crippen LogP contribution in [0.1, 0.15) is 98.1 Å². The summed E-state index contributed by atoms with van der Waals surface area (Å²) in [6, 6.07) is 15.6. The first-order valence-corrected chi connectivity index (χ1v) is 22.1. The molecule has 0 aromatic heterocycles. The van der Waals surface area contributed by atoms with Crippen molar-refractivity contribution >= 4 is 59.0 Å². The zero-order valence-corrected chi connectivity index (χ0v) is 42.3. The number of amides is 2. The van der Waals surface area contributed by atoms with Crippen molar-refractivity contribution < 1.29 is 81.7 Å². The van der Waals surface area contributed by atoms with Crippen LogP contribution in [0.3, 0.4) is 0 Å². The second-order valence-corrected chi connectivity index (χ2v) is 17.0. The minimum atomic E-state index is -1.96. The molecule has 2 aliphatic rings. The van der Waals surface area contributed by atoms with E-state index in [1.54, 1.807) is 69.5 Å². The van der Waals surface area contributed by atoms with E-state index in [2.05, 4.69) is 4.74 Å². The minimum absolute atomic E-state index is 0.302. The van der Waals surface area contributed by atoms with E-state index in [9.17, 15) is 48.6 Å². The Hall–Kier alpha value is -7.64. The van der Waals surface area contributed by atoms with Crippen molar-refractivity contribution in [2.45, 2.75) is 106 Å². The van der Waals surface area contributed by atoms with Crippen molar-refractivity contribution in [3.63, 3.8) is 0 Å². The SMILES string of the molecule is CC(=O)OC(C)=O.COc1cc(N2C(=O)[C@@](COC(C)=O)(OC(C)=O)[C@@H]2c2ccc(C)c(OC(C)=O)c2)cc(C)c1C.COc1cc(N2C(=O)[C@](O)(CO)[C@@H]2c2ccc(C)c(OC(C)=O)c2)cc(C)c1C. The maximum Gasteiger partial charge on any atom is 0.310 e. The summed E-state index contributed by atoms with van der Waals surface area (Å²) in [6.07, 6.45) is 0. The Balaban J connectivity index is 0.000000275. The Bertz CT molecular complexity index is 2750. The monoisotopic (exact) mass is 984 g/mol. The Kier molecular flexibility index (Phi) is 18.0. The zero-order chi connectivity index (χ0) is 53.4. The topological polar surface area (TPSA) is 248 Å². The van der Waals surface area contributed by atoms with Crippen molar-refractivity contribution in [2.24, 2.45) is 0 Å². The molecule has 2 fully saturated rings. The first-order valence-electron chi connectivity index (χ1n) is 22.1. The molecule has 4 atom stereocenters. The van der Waals surface area contributed by atoms with Gasteiger partial charge in [0, 0.05) is 65.0 Å². The molecule has 2 heterocycles. The quantitative estimate of drug-likeness (QED) is 0.0547. The summed E-state index contributed by atoms with van der Waals surface area (Å²) in [5.41, 5.74) is 3.49. The number of esters is 6. The second-order valence-electron chi connectivity index (χ2n) is 17.0. The van der Waals surface area contributed by atoms with E-state index < -0.39 is 84.1 Å². The molecule has 19 nitrogen and oxygen atoms in total. The highest BCUT2D eigenvalue weighted by molar-refractivity contribution is 6.10. The van der Waals surface area contributed by atoms with Crippen LogP contribution in [0, 0.1) is 41.5 Å². The molecular formula is C52H60N2O17. The third-order valence-electron chi connectivity index (χ3n) is 11.7. The van der Waals surface area contributed by atoms with Crippen molar-refractivity contribution in [3.8, 4) is 23.0 Å². The number of rotatable bonds is 12. The molecule has 380 valence electrons. The van der Waals surface area contributed by atoms with Gasteiger partial charge in [-0.05, 0) is 110 Å². The molecule has 2 N–H and O–H groups in total. The van der Waals surface area contributed by atoms with Crippen LogP contribution in [0.15, 0.2) is 60.7 Å². The van der Waals surface area contributed by atoms with Crippen molar-refractivity contribution in [3.05, 3.63) is 105 Å². The second kappa shape index (κ2) is 22.9. The number of β-lactam (4-membered cyclic amide) rings is 2. The molecule has 2 amide bonds. The molecule has 2 aliphatic heterocycles. The van der Waals surface area contributed by atoms with Gasteiger partial charge in [-0.3, -0.25) is 48.2 Å². The molecule has 0 radical (unpaired) electrons. The van der Waals surface area contributed by atoms with Gasteiger partial charge in [-0.25, -0.2) is 0 Å². The fourth-order valence-electron chi connectivity index (χ4n) is 8.06. The van der Waals surface area contributed by atoms with Crippen molar-refractivity contribution in [1.29, 1.82) is 0 Å². The fourth-order valence-corrected chi connectivity index (χ4v) is 8.06. The molecule has 0 saturated carbocycles. The normalized spacial score (nSPS) is 18.7. The van der Waals surface area contributed by atoms with Crippen LogP contribution in [0.25, 0.3) is 0 Å². The van der Waals surface area contributed by atoms with E-state index in [-0.39, 0.29) is 0 Å². The number of carbonyl (C=O) groups is 8. The highest BCUT2D eigenvalue weighted by Gasteiger charge is 2.66. The Morgan fingerprint density at radius 3 is 1.31 bits per heavy atom. The largest absolute Gasteiger partial charge is 0.496 e. The number of ether oxygens (including phenoxy) is 7. The Morgan fingerprint density at radius 2 is 0.958 bits per heavy atom. The lowest BCUT2D eigenvalue weighted by atomic mass is 9.77. The number of nitrogens with zero attached hydrogens (tertiary/aromatic N) is 2. The zero-order valence-electron chi connectivity index (χ0n) is 42.3. The number of anilines is 2. The van der Waals surface area contributed by atoms with Crippen LogP contribution in [-0.4, -0.2) is 96.5 Å². The van der Waals surface area contributed by atoms with Gasteiger partial charge >= 0.3 is 35.8 Å². The average Bonchev–Trinajstić information content (AvgIpc) is 3.28. The van der Waals surface area contributed by atoms with Gasteiger partial charge in [0.1, 0.15) is 41.7 Å². The van der Waals surface area contributed by atoms with Gasteiger partial charge in [0.25, 0.3) is 11.8 Å².